The van der Waals surface area contributed by atoms with E-state index in [1.165, 1.54) is 6.20 Å². The van der Waals surface area contributed by atoms with Gasteiger partial charge in [0.05, 0.1) is 16.3 Å². The van der Waals surface area contributed by atoms with Gasteiger partial charge in [-0.3, -0.25) is 4.79 Å². The van der Waals surface area contributed by atoms with Gasteiger partial charge >= 0.3 is 0 Å². The van der Waals surface area contributed by atoms with Crippen LogP contribution in [0.4, 0.5) is 11.5 Å². The van der Waals surface area contributed by atoms with Crippen molar-refractivity contribution in [2.75, 3.05) is 17.2 Å². The van der Waals surface area contributed by atoms with E-state index in [1.807, 2.05) is 31.2 Å². The summed E-state index contributed by atoms with van der Waals surface area (Å²) in [7, 11) is 0. The van der Waals surface area contributed by atoms with Crippen LogP contribution in [0, 0.1) is 3.57 Å². The van der Waals surface area contributed by atoms with Crippen molar-refractivity contribution >= 4 is 51.6 Å². The zero-order valence-corrected chi connectivity index (χ0v) is 13.7. The van der Waals surface area contributed by atoms with E-state index in [0.717, 1.165) is 15.8 Å². The lowest BCUT2D eigenvalue weighted by atomic mass is 10.2. The van der Waals surface area contributed by atoms with E-state index in [-0.39, 0.29) is 5.91 Å². The fraction of sp³-hybridized carbons (Fsp3) is 0.143. The zero-order chi connectivity index (χ0) is 14.5. The predicted molar refractivity (Wildman–Crippen MR) is 90.5 cm³/mol. The SMILES string of the molecule is CCNc1cc(C(=O)Nc2ccccc2I)c(Cl)cn1. The average molecular weight is 402 g/mol. The standard InChI is InChI=1S/C14H13ClIN3O/c1-2-17-13-7-9(10(15)8-18-13)14(20)19-12-6-4-3-5-11(12)16/h3-8H,2H2,1H3,(H,17,18)(H,19,20). The molecule has 2 N–H and O–H groups in total. The molecule has 2 aromatic rings. The average Bonchev–Trinajstić information content (AvgIpc) is 2.43. The number of nitrogens with zero attached hydrogens (tertiary/aromatic N) is 1. The van der Waals surface area contributed by atoms with Crippen LogP contribution in [0.15, 0.2) is 36.5 Å². The maximum atomic E-state index is 12.3. The Hall–Kier alpha value is -1.34. The summed E-state index contributed by atoms with van der Waals surface area (Å²) >= 11 is 8.21. The van der Waals surface area contributed by atoms with Crippen molar-refractivity contribution in [1.29, 1.82) is 0 Å². The van der Waals surface area contributed by atoms with Crippen LogP contribution < -0.4 is 10.6 Å². The number of pyridine rings is 1. The first-order valence-electron chi connectivity index (χ1n) is 6.07. The Kier molecular flexibility index (Phi) is 5.19. The maximum Gasteiger partial charge on any atom is 0.257 e. The Bertz CT molecular complexity index is 634. The molecule has 1 aromatic carbocycles. The molecule has 0 atom stereocenters. The van der Waals surface area contributed by atoms with Gasteiger partial charge in [0.25, 0.3) is 5.91 Å². The largest absolute Gasteiger partial charge is 0.370 e. The second-order valence-corrected chi connectivity index (χ2v) is 5.58. The third-order valence-electron chi connectivity index (χ3n) is 2.58. The molecule has 20 heavy (non-hydrogen) atoms. The number of hydrogen-bond acceptors (Lipinski definition) is 3. The maximum absolute atomic E-state index is 12.3. The molecule has 0 aliphatic carbocycles. The summed E-state index contributed by atoms with van der Waals surface area (Å²) in [4.78, 5) is 16.4. The third kappa shape index (κ3) is 3.61. The smallest absolute Gasteiger partial charge is 0.257 e. The summed E-state index contributed by atoms with van der Waals surface area (Å²) in [5.74, 6) is 0.380. The van der Waals surface area contributed by atoms with E-state index in [9.17, 15) is 4.79 Å². The lowest BCUT2D eigenvalue weighted by Crippen LogP contribution is -2.14. The van der Waals surface area contributed by atoms with Gasteiger partial charge in [-0.25, -0.2) is 4.98 Å². The summed E-state index contributed by atoms with van der Waals surface area (Å²) in [6.07, 6.45) is 1.48. The van der Waals surface area contributed by atoms with Crippen molar-refractivity contribution in [3.8, 4) is 0 Å². The molecule has 0 aliphatic rings. The van der Waals surface area contributed by atoms with Crippen LogP contribution in [0.25, 0.3) is 0 Å². The second kappa shape index (κ2) is 6.90. The summed E-state index contributed by atoms with van der Waals surface area (Å²) in [5, 5.41) is 6.23. The van der Waals surface area contributed by atoms with Gasteiger partial charge in [0, 0.05) is 16.3 Å². The molecule has 0 radical (unpaired) electrons. The van der Waals surface area contributed by atoms with Gasteiger partial charge in [0.1, 0.15) is 5.82 Å². The predicted octanol–water partition coefficient (Wildman–Crippen LogP) is 4.02. The fourth-order valence-corrected chi connectivity index (χ4v) is 2.35. The summed E-state index contributed by atoms with van der Waals surface area (Å²) in [6.45, 7) is 2.69. The Balaban J connectivity index is 2.25. The molecule has 0 unspecified atom stereocenters. The highest BCUT2D eigenvalue weighted by molar-refractivity contribution is 14.1. The number of rotatable bonds is 4. The minimum absolute atomic E-state index is 0.249. The number of carbonyl (C=O) groups excluding carboxylic acids is 1. The Labute approximate surface area is 136 Å². The van der Waals surface area contributed by atoms with Crippen molar-refractivity contribution in [1.82, 2.24) is 4.98 Å². The molecule has 4 nitrogen and oxygen atoms in total. The highest BCUT2D eigenvalue weighted by Gasteiger charge is 2.13. The molecule has 1 amide bonds. The molecule has 1 aromatic heterocycles. The number of aromatic nitrogens is 1. The van der Waals surface area contributed by atoms with Crippen molar-refractivity contribution in [3.63, 3.8) is 0 Å². The van der Waals surface area contributed by atoms with Gasteiger partial charge in [-0.2, -0.15) is 0 Å². The molecular weight excluding hydrogens is 389 g/mol. The van der Waals surface area contributed by atoms with Gasteiger partial charge in [-0.15, -0.1) is 0 Å². The normalized spacial score (nSPS) is 10.2. The number of hydrogen-bond donors (Lipinski definition) is 2. The highest BCUT2D eigenvalue weighted by Crippen LogP contribution is 2.22. The van der Waals surface area contributed by atoms with Crippen LogP contribution in [-0.2, 0) is 0 Å². The lowest BCUT2D eigenvalue weighted by Gasteiger charge is -2.10. The summed E-state index contributed by atoms with van der Waals surface area (Å²) in [6, 6.07) is 9.21. The van der Waals surface area contributed by atoms with Crippen LogP contribution in [0.1, 0.15) is 17.3 Å². The van der Waals surface area contributed by atoms with Gasteiger partial charge < -0.3 is 10.6 Å². The highest BCUT2D eigenvalue weighted by atomic mass is 127. The molecule has 0 saturated heterocycles. The van der Waals surface area contributed by atoms with E-state index < -0.39 is 0 Å². The number of benzene rings is 1. The Morgan fingerprint density at radius 3 is 2.85 bits per heavy atom. The molecule has 2 rings (SSSR count). The van der Waals surface area contributed by atoms with Crippen LogP contribution >= 0.6 is 34.2 Å². The van der Waals surface area contributed by atoms with Crippen molar-refractivity contribution in [2.45, 2.75) is 6.92 Å². The zero-order valence-electron chi connectivity index (χ0n) is 10.8. The molecule has 0 fully saturated rings. The monoisotopic (exact) mass is 401 g/mol. The number of anilines is 2. The fourth-order valence-electron chi connectivity index (χ4n) is 1.64. The number of halogens is 2. The molecule has 104 valence electrons. The lowest BCUT2D eigenvalue weighted by molar-refractivity contribution is 0.102. The van der Waals surface area contributed by atoms with Gasteiger partial charge in [0.15, 0.2) is 0 Å². The first-order valence-corrected chi connectivity index (χ1v) is 7.52. The number of carbonyl (C=O) groups is 1. The van der Waals surface area contributed by atoms with Crippen molar-refractivity contribution in [2.24, 2.45) is 0 Å². The van der Waals surface area contributed by atoms with Crippen molar-refractivity contribution < 1.29 is 4.79 Å². The number of para-hydroxylation sites is 1. The molecule has 0 spiro atoms. The number of amides is 1. The van der Waals surface area contributed by atoms with E-state index in [2.05, 4.69) is 38.2 Å². The van der Waals surface area contributed by atoms with E-state index >= 15 is 0 Å². The summed E-state index contributed by atoms with van der Waals surface area (Å²) < 4.78 is 0.968. The molecule has 6 heteroatoms. The third-order valence-corrected chi connectivity index (χ3v) is 3.82. The Morgan fingerprint density at radius 1 is 1.40 bits per heavy atom. The topological polar surface area (TPSA) is 54.0 Å². The van der Waals surface area contributed by atoms with Gasteiger partial charge in [-0.1, -0.05) is 23.7 Å². The minimum atomic E-state index is -0.249. The minimum Gasteiger partial charge on any atom is -0.370 e. The van der Waals surface area contributed by atoms with Crippen LogP contribution in [-0.4, -0.2) is 17.4 Å². The van der Waals surface area contributed by atoms with Crippen LogP contribution in [0.2, 0.25) is 5.02 Å². The van der Waals surface area contributed by atoms with E-state index in [4.69, 9.17) is 11.6 Å². The summed E-state index contributed by atoms with van der Waals surface area (Å²) in [5.41, 5.74) is 1.16. The van der Waals surface area contributed by atoms with Crippen LogP contribution in [0.3, 0.4) is 0 Å². The van der Waals surface area contributed by atoms with Crippen molar-refractivity contribution in [3.05, 3.63) is 50.7 Å². The quantitative estimate of drug-likeness (QED) is 0.761. The van der Waals surface area contributed by atoms with Gasteiger partial charge in [0.2, 0.25) is 0 Å². The second-order valence-electron chi connectivity index (χ2n) is 4.01. The van der Waals surface area contributed by atoms with Gasteiger partial charge in [-0.05, 0) is 47.7 Å². The van der Waals surface area contributed by atoms with Crippen LogP contribution in [0.5, 0.6) is 0 Å². The van der Waals surface area contributed by atoms with E-state index in [1.54, 1.807) is 6.07 Å². The Morgan fingerprint density at radius 2 is 2.15 bits per heavy atom. The molecule has 0 bridgehead atoms. The molecule has 0 aliphatic heterocycles. The molecular formula is C14H13ClIN3O. The van der Waals surface area contributed by atoms with E-state index in [0.29, 0.717) is 16.4 Å². The molecule has 1 heterocycles. The number of nitrogens with one attached hydrogen (secondary N) is 2. The first kappa shape index (κ1) is 15.1. The first-order chi connectivity index (χ1) is 9.61. The molecule has 0 saturated carbocycles.